The van der Waals surface area contributed by atoms with Crippen LogP contribution in [0.5, 0.6) is 11.5 Å². The van der Waals surface area contributed by atoms with E-state index in [0.29, 0.717) is 18.4 Å². The van der Waals surface area contributed by atoms with Gasteiger partial charge in [0, 0.05) is 12.6 Å². The summed E-state index contributed by atoms with van der Waals surface area (Å²) in [5.41, 5.74) is 1.17. The van der Waals surface area contributed by atoms with Gasteiger partial charge < -0.3 is 15.2 Å². The number of rotatable bonds is 7. The first kappa shape index (κ1) is 13.2. The fourth-order valence-corrected chi connectivity index (χ4v) is 2.38. The topological polar surface area (TPSA) is 41.5 Å². The van der Waals surface area contributed by atoms with Gasteiger partial charge in [0.2, 0.25) is 0 Å². The molecule has 0 saturated heterocycles. The van der Waals surface area contributed by atoms with Crippen molar-refractivity contribution in [2.24, 2.45) is 5.92 Å². The summed E-state index contributed by atoms with van der Waals surface area (Å²) < 4.78 is 5.38. The molecule has 2 unspecified atom stereocenters. The Kier molecular flexibility index (Phi) is 4.48. The van der Waals surface area contributed by atoms with Crippen molar-refractivity contribution in [3.8, 4) is 11.5 Å². The maximum atomic E-state index is 9.62. The van der Waals surface area contributed by atoms with Gasteiger partial charge in [-0.3, -0.25) is 0 Å². The van der Waals surface area contributed by atoms with Crippen molar-refractivity contribution >= 4 is 0 Å². The van der Waals surface area contributed by atoms with Crippen LogP contribution in [0.15, 0.2) is 18.2 Å². The van der Waals surface area contributed by atoms with Crippen molar-refractivity contribution in [1.82, 2.24) is 5.32 Å². The molecule has 0 spiro atoms. The molecule has 2 rings (SSSR count). The quantitative estimate of drug-likeness (QED) is 0.780. The largest absolute Gasteiger partial charge is 0.504 e. The van der Waals surface area contributed by atoms with Crippen LogP contribution in [0.3, 0.4) is 0 Å². The normalized spacial score (nSPS) is 21.9. The zero-order valence-electron chi connectivity index (χ0n) is 11.3. The molecule has 3 nitrogen and oxygen atoms in total. The highest BCUT2D eigenvalue weighted by atomic mass is 16.5. The van der Waals surface area contributed by atoms with E-state index in [4.69, 9.17) is 4.74 Å². The summed E-state index contributed by atoms with van der Waals surface area (Å²) in [6, 6.07) is 6.26. The molecule has 1 fully saturated rings. The van der Waals surface area contributed by atoms with E-state index in [2.05, 4.69) is 12.2 Å². The number of aromatic hydroxyl groups is 1. The minimum absolute atomic E-state index is 0.218. The number of benzene rings is 1. The third-order valence-electron chi connectivity index (χ3n) is 3.47. The van der Waals surface area contributed by atoms with E-state index in [0.717, 1.165) is 12.5 Å². The summed E-state index contributed by atoms with van der Waals surface area (Å²) in [7, 11) is 0. The first-order valence-corrected chi connectivity index (χ1v) is 6.92. The van der Waals surface area contributed by atoms with E-state index in [1.54, 1.807) is 6.07 Å². The number of phenols is 1. The number of ether oxygens (including phenoxy) is 1. The van der Waals surface area contributed by atoms with Crippen LogP contribution >= 0.6 is 0 Å². The van der Waals surface area contributed by atoms with Gasteiger partial charge in [-0.05, 0) is 43.4 Å². The summed E-state index contributed by atoms with van der Waals surface area (Å²) in [6.45, 7) is 5.59. The standard InChI is InChI=1S/C15H23NO2/c1-3-5-12-9-13(12)16-10-11-6-7-14(17)15(8-11)18-4-2/h6-8,12-13,16-17H,3-5,9-10H2,1-2H3. The summed E-state index contributed by atoms with van der Waals surface area (Å²) >= 11 is 0. The minimum Gasteiger partial charge on any atom is -0.504 e. The maximum absolute atomic E-state index is 9.62. The van der Waals surface area contributed by atoms with Crippen LogP contribution in [-0.2, 0) is 6.54 Å². The second kappa shape index (κ2) is 6.10. The lowest BCUT2D eigenvalue weighted by atomic mass is 10.2. The molecule has 0 heterocycles. The van der Waals surface area contributed by atoms with Gasteiger partial charge in [-0.1, -0.05) is 19.4 Å². The average molecular weight is 249 g/mol. The van der Waals surface area contributed by atoms with Crippen molar-refractivity contribution in [1.29, 1.82) is 0 Å². The lowest BCUT2D eigenvalue weighted by molar-refractivity contribution is 0.317. The van der Waals surface area contributed by atoms with Gasteiger partial charge in [0.1, 0.15) is 0 Å². The van der Waals surface area contributed by atoms with Crippen LogP contribution in [0.1, 0.15) is 38.7 Å². The van der Waals surface area contributed by atoms with Crippen LogP contribution in [-0.4, -0.2) is 17.8 Å². The third kappa shape index (κ3) is 3.39. The number of hydrogen-bond acceptors (Lipinski definition) is 3. The van der Waals surface area contributed by atoms with Crippen molar-refractivity contribution in [2.75, 3.05) is 6.61 Å². The Hall–Kier alpha value is -1.22. The highest BCUT2D eigenvalue weighted by Crippen LogP contribution is 2.35. The van der Waals surface area contributed by atoms with Crippen LogP contribution in [0.2, 0.25) is 0 Å². The zero-order chi connectivity index (χ0) is 13.0. The molecule has 0 amide bonds. The van der Waals surface area contributed by atoms with E-state index >= 15 is 0 Å². The van der Waals surface area contributed by atoms with Crippen molar-refractivity contribution in [2.45, 2.75) is 45.7 Å². The highest BCUT2D eigenvalue weighted by molar-refractivity contribution is 5.41. The Balaban J connectivity index is 1.84. The molecule has 0 bridgehead atoms. The Morgan fingerprint density at radius 1 is 1.39 bits per heavy atom. The first-order chi connectivity index (χ1) is 8.74. The van der Waals surface area contributed by atoms with Crippen molar-refractivity contribution in [3.05, 3.63) is 23.8 Å². The molecule has 0 aromatic heterocycles. The molecule has 1 aliphatic carbocycles. The van der Waals surface area contributed by atoms with Gasteiger partial charge >= 0.3 is 0 Å². The molecule has 2 N–H and O–H groups in total. The molecule has 0 radical (unpaired) electrons. The van der Waals surface area contributed by atoms with Gasteiger partial charge in [0.05, 0.1) is 6.61 Å². The smallest absolute Gasteiger partial charge is 0.161 e. The van der Waals surface area contributed by atoms with Gasteiger partial charge in [-0.25, -0.2) is 0 Å². The molecule has 1 aromatic rings. The first-order valence-electron chi connectivity index (χ1n) is 6.92. The van der Waals surface area contributed by atoms with Crippen LogP contribution in [0.25, 0.3) is 0 Å². The molecule has 3 heteroatoms. The van der Waals surface area contributed by atoms with E-state index in [9.17, 15) is 5.11 Å². The average Bonchev–Trinajstić information content (AvgIpc) is 3.10. The number of nitrogens with one attached hydrogen (secondary N) is 1. The molecule has 1 saturated carbocycles. The van der Waals surface area contributed by atoms with E-state index in [1.165, 1.54) is 24.8 Å². The van der Waals surface area contributed by atoms with Gasteiger partial charge in [0.25, 0.3) is 0 Å². The molecular formula is C15H23NO2. The summed E-state index contributed by atoms with van der Waals surface area (Å²) in [5.74, 6) is 1.67. The van der Waals surface area contributed by atoms with Crippen LogP contribution in [0, 0.1) is 5.92 Å². The fourth-order valence-electron chi connectivity index (χ4n) is 2.38. The van der Waals surface area contributed by atoms with Crippen LogP contribution in [0.4, 0.5) is 0 Å². The SMILES string of the molecule is CCCC1CC1NCc1ccc(O)c(OCC)c1. The summed E-state index contributed by atoms with van der Waals surface area (Å²) in [6.07, 6.45) is 3.91. The lowest BCUT2D eigenvalue weighted by Crippen LogP contribution is -2.17. The molecule has 0 aliphatic heterocycles. The monoisotopic (exact) mass is 249 g/mol. The van der Waals surface area contributed by atoms with Crippen LogP contribution < -0.4 is 10.1 Å². The zero-order valence-corrected chi connectivity index (χ0v) is 11.3. The summed E-state index contributed by atoms with van der Waals surface area (Å²) in [4.78, 5) is 0. The predicted octanol–water partition coefficient (Wildman–Crippen LogP) is 3.07. The lowest BCUT2D eigenvalue weighted by Gasteiger charge is -2.09. The highest BCUT2D eigenvalue weighted by Gasteiger charge is 2.35. The number of phenolic OH excluding ortho intramolecular Hbond substituents is 1. The second-order valence-electron chi connectivity index (χ2n) is 5.01. The molecular weight excluding hydrogens is 226 g/mol. The fraction of sp³-hybridized carbons (Fsp3) is 0.600. The molecule has 1 aliphatic rings. The second-order valence-corrected chi connectivity index (χ2v) is 5.01. The van der Waals surface area contributed by atoms with E-state index in [1.807, 2.05) is 19.1 Å². The third-order valence-corrected chi connectivity index (χ3v) is 3.47. The van der Waals surface area contributed by atoms with Gasteiger partial charge in [-0.15, -0.1) is 0 Å². The van der Waals surface area contributed by atoms with E-state index < -0.39 is 0 Å². The van der Waals surface area contributed by atoms with Gasteiger partial charge in [-0.2, -0.15) is 0 Å². The van der Waals surface area contributed by atoms with Crippen molar-refractivity contribution < 1.29 is 9.84 Å². The van der Waals surface area contributed by atoms with E-state index in [-0.39, 0.29) is 5.75 Å². The Morgan fingerprint density at radius 2 is 2.22 bits per heavy atom. The predicted molar refractivity (Wildman–Crippen MR) is 72.9 cm³/mol. The van der Waals surface area contributed by atoms with Gasteiger partial charge in [0.15, 0.2) is 11.5 Å². The Labute approximate surface area is 109 Å². The Bertz CT molecular complexity index is 392. The maximum Gasteiger partial charge on any atom is 0.161 e. The number of hydrogen-bond donors (Lipinski definition) is 2. The molecule has 100 valence electrons. The summed E-state index contributed by atoms with van der Waals surface area (Å²) in [5, 5.41) is 13.2. The minimum atomic E-state index is 0.218. The van der Waals surface area contributed by atoms with Crippen molar-refractivity contribution in [3.63, 3.8) is 0 Å². The Morgan fingerprint density at radius 3 is 2.94 bits per heavy atom. The molecule has 2 atom stereocenters. The molecule has 1 aromatic carbocycles. The molecule has 18 heavy (non-hydrogen) atoms.